The molecule has 0 amide bonds. The van der Waals surface area contributed by atoms with Gasteiger partial charge in [-0.15, -0.1) is 0 Å². The Kier molecular flexibility index (Phi) is 4.52. The minimum Gasteiger partial charge on any atom is -0.481 e. The van der Waals surface area contributed by atoms with Gasteiger partial charge in [0.15, 0.2) is 5.82 Å². The van der Waals surface area contributed by atoms with Gasteiger partial charge < -0.3 is 9.63 Å². The van der Waals surface area contributed by atoms with Gasteiger partial charge in [0.05, 0.1) is 13.0 Å². The second kappa shape index (κ2) is 6.14. The minimum atomic E-state index is -0.743. The van der Waals surface area contributed by atoms with Crippen LogP contribution in [0.4, 0.5) is 0 Å². The molecule has 0 radical (unpaired) electrons. The first-order valence-corrected chi connectivity index (χ1v) is 6.84. The first-order chi connectivity index (χ1) is 9.06. The van der Waals surface area contributed by atoms with E-state index in [-0.39, 0.29) is 18.4 Å². The predicted octanol–water partition coefficient (Wildman–Crippen LogP) is 2.02. The van der Waals surface area contributed by atoms with Gasteiger partial charge in [-0.1, -0.05) is 25.4 Å². The van der Waals surface area contributed by atoms with Gasteiger partial charge in [-0.2, -0.15) is 4.98 Å². The lowest BCUT2D eigenvalue weighted by atomic mass is 9.99. The smallest absolute Gasteiger partial charge is 0.304 e. The van der Waals surface area contributed by atoms with Crippen LogP contribution in [-0.4, -0.2) is 38.7 Å². The van der Waals surface area contributed by atoms with Crippen LogP contribution in [0.1, 0.15) is 57.2 Å². The van der Waals surface area contributed by atoms with E-state index < -0.39 is 5.97 Å². The quantitative estimate of drug-likeness (QED) is 0.879. The number of aliphatic carboxylic acids is 1. The van der Waals surface area contributed by atoms with Gasteiger partial charge in [0.1, 0.15) is 0 Å². The molecule has 1 aliphatic rings. The molecule has 2 rings (SSSR count). The summed E-state index contributed by atoms with van der Waals surface area (Å²) in [6.45, 7) is 5.49. The van der Waals surface area contributed by atoms with Crippen LogP contribution < -0.4 is 0 Å². The SMILES string of the molecule is CC(C)c1nc(CN2CCCCC2CC(=O)O)no1. The molecule has 6 nitrogen and oxygen atoms in total. The third kappa shape index (κ3) is 3.76. The molecule has 6 heteroatoms. The summed E-state index contributed by atoms with van der Waals surface area (Å²) >= 11 is 0. The van der Waals surface area contributed by atoms with Crippen molar-refractivity contribution in [2.24, 2.45) is 0 Å². The third-order valence-corrected chi connectivity index (χ3v) is 3.48. The molecule has 2 heterocycles. The van der Waals surface area contributed by atoms with E-state index in [1.165, 1.54) is 0 Å². The number of carboxylic acid groups (broad SMARTS) is 1. The Hall–Kier alpha value is -1.43. The third-order valence-electron chi connectivity index (χ3n) is 3.48. The van der Waals surface area contributed by atoms with Crippen LogP contribution in [0, 0.1) is 0 Å². The van der Waals surface area contributed by atoms with Crippen molar-refractivity contribution in [2.45, 2.75) is 58.0 Å². The number of nitrogens with zero attached hydrogens (tertiary/aromatic N) is 3. The van der Waals surface area contributed by atoms with Gasteiger partial charge in [-0.3, -0.25) is 9.69 Å². The molecule has 106 valence electrons. The largest absolute Gasteiger partial charge is 0.481 e. The van der Waals surface area contributed by atoms with Crippen molar-refractivity contribution in [3.8, 4) is 0 Å². The fraction of sp³-hybridized carbons (Fsp3) is 0.769. The number of hydrogen-bond donors (Lipinski definition) is 1. The molecule has 1 saturated heterocycles. The molecule has 0 saturated carbocycles. The van der Waals surface area contributed by atoms with Gasteiger partial charge in [-0.05, 0) is 19.4 Å². The standard InChI is InChI=1S/C13H21N3O3/c1-9(2)13-14-11(15-19-13)8-16-6-4-3-5-10(16)7-12(17)18/h9-10H,3-8H2,1-2H3,(H,17,18). The van der Waals surface area contributed by atoms with Crippen molar-refractivity contribution in [1.82, 2.24) is 15.0 Å². The Morgan fingerprint density at radius 2 is 2.32 bits per heavy atom. The zero-order valence-electron chi connectivity index (χ0n) is 11.5. The van der Waals surface area contributed by atoms with Crippen LogP contribution in [0.2, 0.25) is 0 Å². The zero-order chi connectivity index (χ0) is 13.8. The number of aromatic nitrogens is 2. The number of carbonyl (C=O) groups is 1. The maximum atomic E-state index is 10.9. The number of hydrogen-bond acceptors (Lipinski definition) is 5. The van der Waals surface area contributed by atoms with Gasteiger partial charge in [0.25, 0.3) is 0 Å². The summed E-state index contributed by atoms with van der Waals surface area (Å²) in [4.78, 5) is 17.4. The van der Waals surface area contributed by atoms with Crippen molar-refractivity contribution in [3.63, 3.8) is 0 Å². The van der Waals surface area contributed by atoms with Crippen LogP contribution in [-0.2, 0) is 11.3 Å². The average Bonchev–Trinajstić information content (AvgIpc) is 2.80. The van der Waals surface area contributed by atoms with E-state index in [0.717, 1.165) is 25.8 Å². The second-order valence-corrected chi connectivity index (χ2v) is 5.42. The molecule has 1 aromatic rings. The predicted molar refractivity (Wildman–Crippen MR) is 68.7 cm³/mol. The van der Waals surface area contributed by atoms with Crippen LogP contribution in [0.3, 0.4) is 0 Å². The Morgan fingerprint density at radius 1 is 1.53 bits per heavy atom. The van der Waals surface area contributed by atoms with Crippen molar-refractivity contribution >= 4 is 5.97 Å². The van der Waals surface area contributed by atoms with Gasteiger partial charge in [0.2, 0.25) is 5.89 Å². The zero-order valence-corrected chi connectivity index (χ0v) is 11.5. The van der Waals surface area contributed by atoms with Gasteiger partial charge in [0, 0.05) is 12.0 Å². The molecule has 1 fully saturated rings. The molecule has 19 heavy (non-hydrogen) atoms. The summed E-state index contributed by atoms with van der Waals surface area (Å²) in [6.07, 6.45) is 3.32. The van der Waals surface area contributed by atoms with Gasteiger partial charge >= 0.3 is 5.97 Å². The molecule has 1 aliphatic heterocycles. The topological polar surface area (TPSA) is 79.5 Å². The summed E-state index contributed by atoms with van der Waals surface area (Å²) in [5, 5.41) is 12.9. The first kappa shape index (κ1) is 14.0. The van der Waals surface area contributed by atoms with E-state index in [4.69, 9.17) is 9.63 Å². The molecule has 1 unspecified atom stereocenters. The number of piperidine rings is 1. The maximum Gasteiger partial charge on any atom is 0.304 e. The summed E-state index contributed by atoms with van der Waals surface area (Å²) < 4.78 is 5.18. The van der Waals surface area contributed by atoms with Crippen molar-refractivity contribution in [2.75, 3.05) is 6.54 Å². The van der Waals surface area contributed by atoms with E-state index in [9.17, 15) is 4.79 Å². The number of rotatable bonds is 5. The molecule has 1 atom stereocenters. The van der Waals surface area contributed by atoms with E-state index in [0.29, 0.717) is 18.3 Å². The average molecular weight is 267 g/mol. The van der Waals surface area contributed by atoms with Crippen LogP contribution >= 0.6 is 0 Å². The molecule has 1 aromatic heterocycles. The molecule has 0 aliphatic carbocycles. The van der Waals surface area contributed by atoms with Crippen LogP contribution in [0.15, 0.2) is 4.52 Å². The summed E-state index contributed by atoms with van der Waals surface area (Å²) in [7, 11) is 0. The highest BCUT2D eigenvalue weighted by Crippen LogP contribution is 2.22. The monoisotopic (exact) mass is 267 g/mol. The van der Waals surface area contributed by atoms with E-state index in [1.807, 2.05) is 13.8 Å². The molecular weight excluding hydrogens is 246 g/mol. The lowest BCUT2D eigenvalue weighted by Gasteiger charge is -2.33. The lowest BCUT2D eigenvalue weighted by molar-refractivity contribution is -0.138. The maximum absolute atomic E-state index is 10.9. The van der Waals surface area contributed by atoms with E-state index in [1.54, 1.807) is 0 Å². The molecular formula is C13H21N3O3. The van der Waals surface area contributed by atoms with E-state index in [2.05, 4.69) is 15.0 Å². The highest BCUT2D eigenvalue weighted by molar-refractivity contribution is 5.67. The second-order valence-electron chi connectivity index (χ2n) is 5.42. The Bertz CT molecular complexity index is 431. The highest BCUT2D eigenvalue weighted by Gasteiger charge is 2.26. The van der Waals surface area contributed by atoms with Crippen LogP contribution in [0.5, 0.6) is 0 Å². The first-order valence-electron chi connectivity index (χ1n) is 6.84. The number of carboxylic acids is 1. The minimum absolute atomic E-state index is 0.0900. The normalized spacial score (nSPS) is 20.9. The van der Waals surface area contributed by atoms with Crippen molar-refractivity contribution in [3.05, 3.63) is 11.7 Å². The van der Waals surface area contributed by atoms with Crippen LogP contribution in [0.25, 0.3) is 0 Å². The van der Waals surface area contributed by atoms with Crippen molar-refractivity contribution in [1.29, 1.82) is 0 Å². The van der Waals surface area contributed by atoms with E-state index >= 15 is 0 Å². The highest BCUT2D eigenvalue weighted by atomic mass is 16.5. The fourth-order valence-electron chi connectivity index (χ4n) is 2.45. The molecule has 1 N–H and O–H groups in total. The Labute approximate surface area is 112 Å². The summed E-state index contributed by atoms with van der Waals surface area (Å²) in [5.74, 6) is 0.771. The lowest BCUT2D eigenvalue weighted by Crippen LogP contribution is -2.40. The molecule has 0 spiro atoms. The Morgan fingerprint density at radius 3 is 2.95 bits per heavy atom. The summed E-state index contributed by atoms with van der Waals surface area (Å²) in [6, 6.07) is 0.0900. The number of likely N-dealkylation sites (tertiary alicyclic amines) is 1. The summed E-state index contributed by atoms with van der Waals surface area (Å²) in [5.41, 5.74) is 0. The van der Waals surface area contributed by atoms with Crippen molar-refractivity contribution < 1.29 is 14.4 Å². The van der Waals surface area contributed by atoms with Gasteiger partial charge in [-0.25, -0.2) is 0 Å². The fourth-order valence-corrected chi connectivity index (χ4v) is 2.45. The molecule has 0 bridgehead atoms. The molecule has 0 aromatic carbocycles. The Balaban J connectivity index is 1.99.